The molecule has 0 aliphatic rings. The van der Waals surface area contributed by atoms with Crippen molar-refractivity contribution in [2.45, 2.75) is 0 Å². The molecule has 4 heteroatoms. The van der Waals surface area contributed by atoms with Crippen molar-refractivity contribution < 1.29 is 4.42 Å². The minimum atomic E-state index is 0.543. The van der Waals surface area contributed by atoms with Gasteiger partial charge in [-0.05, 0) is 6.07 Å². The van der Waals surface area contributed by atoms with Crippen molar-refractivity contribution in [3.63, 3.8) is 0 Å². The van der Waals surface area contributed by atoms with Crippen LogP contribution in [0.15, 0.2) is 29.3 Å². The second-order valence-electron chi connectivity index (χ2n) is 1.84. The van der Waals surface area contributed by atoms with Gasteiger partial charge in [-0.1, -0.05) is 0 Å². The average molecular weight is 135 g/mol. The lowest BCUT2D eigenvalue weighted by atomic mass is 10.3. The highest BCUT2D eigenvalue weighted by molar-refractivity contribution is 5.50. The molecule has 0 radical (unpaired) electrons. The number of rotatable bonds is 1. The first-order valence-electron chi connectivity index (χ1n) is 2.86. The maximum Gasteiger partial charge on any atom is 0.248 e. The predicted octanol–water partition coefficient (Wildman–Crippen LogP) is 1.06. The van der Waals surface area contributed by atoms with Crippen molar-refractivity contribution in [2.75, 3.05) is 0 Å². The highest BCUT2D eigenvalue weighted by atomic mass is 16.4. The molecule has 0 saturated carbocycles. The van der Waals surface area contributed by atoms with E-state index in [1.165, 1.54) is 6.39 Å². The largest absolute Gasteiger partial charge is 0.423 e. The summed E-state index contributed by atoms with van der Waals surface area (Å²) in [6.07, 6.45) is 4.91. The van der Waals surface area contributed by atoms with E-state index in [0.29, 0.717) is 5.89 Å². The first-order chi connectivity index (χ1) is 4.97. The fourth-order valence-electron chi connectivity index (χ4n) is 0.756. The van der Waals surface area contributed by atoms with Gasteiger partial charge in [0.2, 0.25) is 12.3 Å². The molecule has 0 atom stereocenters. The molecule has 0 aliphatic carbocycles. The summed E-state index contributed by atoms with van der Waals surface area (Å²) in [6, 6.07) is 1.87. The van der Waals surface area contributed by atoms with E-state index in [4.69, 9.17) is 4.42 Å². The predicted molar refractivity (Wildman–Crippen MR) is 34.1 cm³/mol. The Morgan fingerprint density at radius 1 is 1.50 bits per heavy atom. The number of H-pyrrole nitrogens is 1. The van der Waals surface area contributed by atoms with Crippen LogP contribution in [0.5, 0.6) is 0 Å². The summed E-state index contributed by atoms with van der Waals surface area (Å²) >= 11 is 0. The Morgan fingerprint density at radius 2 is 2.50 bits per heavy atom. The standard InChI is InChI=1S/C6H5N3O/c1-2-7-3-5(1)6-9-8-4-10-6/h1-4,7H. The Balaban J connectivity index is 2.48. The van der Waals surface area contributed by atoms with Gasteiger partial charge in [-0.25, -0.2) is 0 Å². The molecule has 0 saturated heterocycles. The third kappa shape index (κ3) is 0.699. The van der Waals surface area contributed by atoms with E-state index in [2.05, 4.69) is 15.2 Å². The number of aromatic amines is 1. The summed E-state index contributed by atoms with van der Waals surface area (Å²) in [6.45, 7) is 0. The Kier molecular flexibility index (Phi) is 1.04. The van der Waals surface area contributed by atoms with Crippen LogP contribution in [0.4, 0.5) is 0 Å². The summed E-state index contributed by atoms with van der Waals surface area (Å²) in [5, 5.41) is 7.27. The van der Waals surface area contributed by atoms with Gasteiger partial charge in [0.15, 0.2) is 0 Å². The lowest BCUT2D eigenvalue weighted by Gasteiger charge is -1.81. The first kappa shape index (κ1) is 5.22. The summed E-state index contributed by atoms with van der Waals surface area (Å²) in [5.74, 6) is 0.543. The number of hydrogen-bond donors (Lipinski definition) is 1. The van der Waals surface area contributed by atoms with Crippen molar-refractivity contribution in [3.05, 3.63) is 24.9 Å². The van der Waals surface area contributed by atoms with E-state index in [-0.39, 0.29) is 0 Å². The van der Waals surface area contributed by atoms with E-state index < -0.39 is 0 Å². The van der Waals surface area contributed by atoms with Crippen molar-refractivity contribution in [1.82, 2.24) is 15.2 Å². The summed E-state index contributed by atoms with van der Waals surface area (Å²) in [5.41, 5.74) is 0.914. The van der Waals surface area contributed by atoms with Crippen molar-refractivity contribution >= 4 is 0 Å². The number of nitrogens with zero attached hydrogens (tertiary/aromatic N) is 2. The van der Waals surface area contributed by atoms with Crippen LogP contribution in [0.3, 0.4) is 0 Å². The van der Waals surface area contributed by atoms with Gasteiger partial charge in [0.05, 0.1) is 5.56 Å². The molecule has 0 aromatic carbocycles. The highest BCUT2D eigenvalue weighted by Crippen LogP contribution is 2.13. The van der Waals surface area contributed by atoms with Gasteiger partial charge in [-0.15, -0.1) is 10.2 Å². The van der Waals surface area contributed by atoms with Gasteiger partial charge in [0.25, 0.3) is 0 Å². The molecule has 0 amide bonds. The summed E-state index contributed by atoms with van der Waals surface area (Å²) in [4.78, 5) is 2.89. The van der Waals surface area contributed by atoms with Crippen LogP contribution in [-0.2, 0) is 0 Å². The Hall–Kier alpha value is -1.58. The molecule has 50 valence electrons. The van der Waals surface area contributed by atoms with E-state index in [0.717, 1.165) is 5.56 Å². The quantitative estimate of drug-likeness (QED) is 0.636. The van der Waals surface area contributed by atoms with Crippen molar-refractivity contribution in [2.24, 2.45) is 0 Å². The SMILES string of the molecule is c1cc(-c2nnco2)c[nH]1. The smallest absolute Gasteiger partial charge is 0.248 e. The molecule has 2 heterocycles. The third-order valence-corrected chi connectivity index (χ3v) is 1.20. The summed E-state index contributed by atoms with van der Waals surface area (Å²) in [7, 11) is 0. The Bertz CT molecular complexity index is 252. The summed E-state index contributed by atoms with van der Waals surface area (Å²) < 4.78 is 4.94. The molecule has 0 fully saturated rings. The maximum atomic E-state index is 4.94. The molecule has 2 aromatic heterocycles. The molecule has 0 aliphatic heterocycles. The van der Waals surface area contributed by atoms with E-state index in [1.54, 1.807) is 12.4 Å². The van der Waals surface area contributed by atoms with Crippen LogP contribution in [-0.4, -0.2) is 15.2 Å². The minimum Gasteiger partial charge on any atom is -0.423 e. The molecule has 2 aromatic rings. The van der Waals surface area contributed by atoms with Crippen molar-refractivity contribution in [1.29, 1.82) is 0 Å². The van der Waals surface area contributed by atoms with Gasteiger partial charge in [-0.3, -0.25) is 0 Å². The van der Waals surface area contributed by atoms with Gasteiger partial charge in [-0.2, -0.15) is 0 Å². The topological polar surface area (TPSA) is 54.7 Å². The molecular formula is C6H5N3O. The first-order valence-corrected chi connectivity index (χ1v) is 2.86. The molecule has 0 bridgehead atoms. The maximum absolute atomic E-state index is 4.94. The fourth-order valence-corrected chi connectivity index (χ4v) is 0.756. The normalized spacial score (nSPS) is 10.0. The minimum absolute atomic E-state index is 0.543. The highest BCUT2D eigenvalue weighted by Gasteiger charge is 2.00. The van der Waals surface area contributed by atoms with Gasteiger partial charge in [0, 0.05) is 12.4 Å². The molecule has 2 rings (SSSR count). The molecular weight excluding hydrogens is 130 g/mol. The third-order valence-electron chi connectivity index (χ3n) is 1.20. The molecule has 4 nitrogen and oxygen atoms in total. The van der Waals surface area contributed by atoms with Crippen LogP contribution >= 0.6 is 0 Å². The number of aromatic nitrogens is 3. The van der Waals surface area contributed by atoms with Crippen LogP contribution < -0.4 is 0 Å². The van der Waals surface area contributed by atoms with Crippen LogP contribution in [0, 0.1) is 0 Å². The fraction of sp³-hybridized carbons (Fsp3) is 0. The molecule has 0 spiro atoms. The van der Waals surface area contributed by atoms with E-state index in [1.807, 2.05) is 6.07 Å². The lowest BCUT2D eigenvalue weighted by molar-refractivity contribution is 0.569. The number of nitrogens with one attached hydrogen (secondary N) is 1. The van der Waals surface area contributed by atoms with Crippen molar-refractivity contribution in [3.8, 4) is 11.5 Å². The van der Waals surface area contributed by atoms with Crippen LogP contribution in [0.2, 0.25) is 0 Å². The van der Waals surface area contributed by atoms with Gasteiger partial charge >= 0.3 is 0 Å². The van der Waals surface area contributed by atoms with Crippen LogP contribution in [0.25, 0.3) is 11.5 Å². The number of hydrogen-bond acceptors (Lipinski definition) is 3. The van der Waals surface area contributed by atoms with Crippen LogP contribution in [0.1, 0.15) is 0 Å². The van der Waals surface area contributed by atoms with E-state index >= 15 is 0 Å². The zero-order valence-corrected chi connectivity index (χ0v) is 5.11. The zero-order valence-electron chi connectivity index (χ0n) is 5.11. The van der Waals surface area contributed by atoms with E-state index in [9.17, 15) is 0 Å². The zero-order chi connectivity index (χ0) is 6.81. The Morgan fingerprint density at radius 3 is 3.10 bits per heavy atom. The molecule has 1 N–H and O–H groups in total. The Labute approximate surface area is 56.9 Å². The average Bonchev–Trinajstić information content (AvgIpc) is 2.59. The lowest BCUT2D eigenvalue weighted by Crippen LogP contribution is -1.71. The second-order valence-corrected chi connectivity index (χ2v) is 1.84. The second kappa shape index (κ2) is 1.98. The van der Waals surface area contributed by atoms with Gasteiger partial charge in [0.1, 0.15) is 0 Å². The van der Waals surface area contributed by atoms with Gasteiger partial charge < -0.3 is 9.40 Å². The molecule has 0 unspecified atom stereocenters. The monoisotopic (exact) mass is 135 g/mol. The molecule has 10 heavy (non-hydrogen) atoms.